The maximum absolute atomic E-state index is 12.2. The highest BCUT2D eigenvalue weighted by atomic mass is 32.2. The molecule has 0 aliphatic heterocycles. The molecular weight excluding hydrogens is 396 g/mol. The molecule has 9 heteroatoms. The van der Waals surface area contributed by atoms with Crippen LogP contribution in [0, 0.1) is 0 Å². The Morgan fingerprint density at radius 1 is 0.897 bits per heavy atom. The monoisotopic (exact) mass is 422 g/mol. The van der Waals surface area contributed by atoms with Crippen molar-refractivity contribution in [3.8, 4) is 17.2 Å². The van der Waals surface area contributed by atoms with Gasteiger partial charge in [0.1, 0.15) is 5.75 Å². The van der Waals surface area contributed by atoms with Gasteiger partial charge in [-0.3, -0.25) is 4.79 Å². The van der Waals surface area contributed by atoms with Crippen LogP contribution in [0.15, 0.2) is 42.5 Å². The lowest BCUT2D eigenvalue weighted by Gasteiger charge is -2.11. The summed E-state index contributed by atoms with van der Waals surface area (Å²) in [5.74, 6) is 1.08. The number of amides is 1. The van der Waals surface area contributed by atoms with Crippen LogP contribution in [0.1, 0.15) is 15.9 Å². The predicted molar refractivity (Wildman–Crippen MR) is 110 cm³/mol. The highest BCUT2D eigenvalue weighted by Crippen LogP contribution is 2.27. The number of ether oxygens (including phenoxy) is 3. The Morgan fingerprint density at radius 2 is 1.59 bits per heavy atom. The molecule has 29 heavy (non-hydrogen) atoms. The molecule has 0 fully saturated rings. The number of hydrogen-bond acceptors (Lipinski definition) is 6. The third kappa shape index (κ3) is 6.95. The van der Waals surface area contributed by atoms with E-state index in [0.717, 1.165) is 11.3 Å². The van der Waals surface area contributed by atoms with E-state index in [1.54, 1.807) is 19.2 Å². The summed E-state index contributed by atoms with van der Waals surface area (Å²) in [4.78, 5) is 12.2. The second kappa shape index (κ2) is 10.7. The molecule has 2 N–H and O–H groups in total. The van der Waals surface area contributed by atoms with Gasteiger partial charge in [0.05, 0.1) is 27.1 Å². The van der Waals surface area contributed by atoms with Crippen molar-refractivity contribution >= 4 is 15.9 Å². The standard InChI is InChI=1S/C20H26N2O6S/c1-26-17-7-4-15(5-8-17)10-11-22-29(24,25)13-12-21-20(23)16-6-9-18(27-2)19(14-16)28-3/h4-9,14,22H,10-13H2,1-3H3,(H,21,23). The van der Waals surface area contributed by atoms with Crippen molar-refractivity contribution in [1.82, 2.24) is 10.0 Å². The van der Waals surface area contributed by atoms with Gasteiger partial charge in [-0.2, -0.15) is 0 Å². The van der Waals surface area contributed by atoms with E-state index in [2.05, 4.69) is 10.0 Å². The van der Waals surface area contributed by atoms with Crippen molar-refractivity contribution in [2.75, 3.05) is 40.2 Å². The molecule has 0 unspecified atom stereocenters. The van der Waals surface area contributed by atoms with E-state index < -0.39 is 10.0 Å². The molecule has 2 aromatic carbocycles. The molecule has 0 aliphatic carbocycles. The van der Waals surface area contributed by atoms with Gasteiger partial charge < -0.3 is 19.5 Å². The fourth-order valence-corrected chi connectivity index (χ4v) is 3.52. The van der Waals surface area contributed by atoms with Gasteiger partial charge >= 0.3 is 0 Å². The van der Waals surface area contributed by atoms with Gasteiger partial charge in [-0.15, -0.1) is 0 Å². The molecule has 0 saturated carbocycles. The lowest BCUT2D eigenvalue weighted by atomic mass is 10.1. The zero-order valence-corrected chi connectivity index (χ0v) is 17.5. The normalized spacial score (nSPS) is 11.0. The Labute approximate surface area is 171 Å². The lowest BCUT2D eigenvalue weighted by molar-refractivity contribution is 0.0955. The minimum Gasteiger partial charge on any atom is -0.497 e. The first-order valence-corrected chi connectivity index (χ1v) is 10.6. The van der Waals surface area contributed by atoms with Crippen molar-refractivity contribution < 1.29 is 27.4 Å². The Bertz CT molecular complexity index is 913. The van der Waals surface area contributed by atoms with Crippen LogP contribution in [0.2, 0.25) is 0 Å². The van der Waals surface area contributed by atoms with E-state index in [1.807, 2.05) is 24.3 Å². The van der Waals surface area contributed by atoms with Crippen LogP contribution in [-0.2, 0) is 16.4 Å². The quantitative estimate of drug-likeness (QED) is 0.570. The van der Waals surface area contributed by atoms with E-state index in [9.17, 15) is 13.2 Å². The lowest BCUT2D eigenvalue weighted by Crippen LogP contribution is -2.35. The molecule has 8 nitrogen and oxygen atoms in total. The van der Waals surface area contributed by atoms with Crippen LogP contribution in [0.5, 0.6) is 17.2 Å². The van der Waals surface area contributed by atoms with Gasteiger partial charge in [-0.1, -0.05) is 12.1 Å². The minimum atomic E-state index is -3.50. The zero-order chi connectivity index (χ0) is 21.3. The topological polar surface area (TPSA) is 103 Å². The van der Waals surface area contributed by atoms with Gasteiger partial charge in [0, 0.05) is 18.7 Å². The summed E-state index contributed by atoms with van der Waals surface area (Å²) in [5, 5.41) is 2.60. The summed E-state index contributed by atoms with van der Waals surface area (Å²) in [6.07, 6.45) is 0.557. The van der Waals surface area contributed by atoms with Crippen molar-refractivity contribution in [1.29, 1.82) is 0 Å². The molecule has 0 heterocycles. The predicted octanol–water partition coefficient (Wildman–Crippen LogP) is 1.60. The number of carbonyl (C=O) groups excluding carboxylic acids is 1. The molecule has 1 amide bonds. The first-order valence-electron chi connectivity index (χ1n) is 8.99. The second-order valence-electron chi connectivity index (χ2n) is 6.14. The van der Waals surface area contributed by atoms with E-state index >= 15 is 0 Å². The van der Waals surface area contributed by atoms with E-state index in [1.165, 1.54) is 20.3 Å². The number of carbonyl (C=O) groups is 1. The third-order valence-corrected chi connectivity index (χ3v) is 5.58. The fraction of sp³-hybridized carbons (Fsp3) is 0.350. The van der Waals surface area contributed by atoms with E-state index in [-0.39, 0.29) is 24.7 Å². The van der Waals surface area contributed by atoms with Crippen molar-refractivity contribution in [3.05, 3.63) is 53.6 Å². The minimum absolute atomic E-state index is 0.00888. The summed E-state index contributed by atoms with van der Waals surface area (Å²) in [7, 11) is 1.07. The summed E-state index contributed by atoms with van der Waals surface area (Å²) in [5.41, 5.74) is 1.35. The van der Waals surface area contributed by atoms with Gasteiger partial charge in [-0.25, -0.2) is 13.1 Å². The van der Waals surface area contributed by atoms with Crippen LogP contribution >= 0.6 is 0 Å². The highest BCUT2D eigenvalue weighted by Gasteiger charge is 2.13. The summed E-state index contributed by atoms with van der Waals surface area (Å²) < 4.78 is 42.1. The Morgan fingerprint density at radius 3 is 2.21 bits per heavy atom. The maximum atomic E-state index is 12.2. The molecule has 158 valence electrons. The summed E-state index contributed by atoms with van der Waals surface area (Å²) in [6, 6.07) is 12.2. The van der Waals surface area contributed by atoms with Gasteiger partial charge in [0.25, 0.3) is 5.91 Å². The molecule has 0 aliphatic rings. The SMILES string of the molecule is COc1ccc(CCNS(=O)(=O)CCNC(=O)c2ccc(OC)c(OC)c2)cc1. The van der Waals surface area contributed by atoms with E-state index in [0.29, 0.717) is 23.5 Å². The number of benzene rings is 2. The van der Waals surface area contributed by atoms with Crippen LogP contribution in [0.25, 0.3) is 0 Å². The van der Waals surface area contributed by atoms with Crippen molar-refractivity contribution in [3.63, 3.8) is 0 Å². The summed E-state index contributed by atoms with van der Waals surface area (Å²) in [6.45, 7) is 0.267. The average molecular weight is 423 g/mol. The first kappa shape index (κ1) is 22.5. The first-order chi connectivity index (χ1) is 13.9. The third-order valence-electron chi connectivity index (χ3n) is 4.20. The Hall–Kier alpha value is -2.78. The zero-order valence-electron chi connectivity index (χ0n) is 16.7. The van der Waals surface area contributed by atoms with Crippen LogP contribution in [-0.4, -0.2) is 54.5 Å². The average Bonchev–Trinajstić information content (AvgIpc) is 2.73. The van der Waals surface area contributed by atoms with Crippen LogP contribution < -0.4 is 24.2 Å². The van der Waals surface area contributed by atoms with Gasteiger partial charge in [-0.05, 0) is 42.3 Å². The van der Waals surface area contributed by atoms with Gasteiger partial charge in [0.2, 0.25) is 10.0 Å². The number of methoxy groups -OCH3 is 3. The van der Waals surface area contributed by atoms with Crippen molar-refractivity contribution in [2.45, 2.75) is 6.42 Å². The molecule has 0 spiro atoms. The summed E-state index contributed by atoms with van der Waals surface area (Å²) >= 11 is 0. The Kier molecular flexibility index (Phi) is 8.29. The number of hydrogen-bond donors (Lipinski definition) is 2. The molecule has 0 saturated heterocycles. The van der Waals surface area contributed by atoms with Crippen LogP contribution in [0.4, 0.5) is 0 Å². The van der Waals surface area contributed by atoms with E-state index in [4.69, 9.17) is 14.2 Å². The molecule has 0 atom stereocenters. The molecule has 0 radical (unpaired) electrons. The second-order valence-corrected chi connectivity index (χ2v) is 8.06. The fourth-order valence-electron chi connectivity index (χ4n) is 2.59. The smallest absolute Gasteiger partial charge is 0.251 e. The van der Waals surface area contributed by atoms with Crippen LogP contribution in [0.3, 0.4) is 0 Å². The number of nitrogens with one attached hydrogen (secondary N) is 2. The molecule has 2 rings (SSSR count). The highest BCUT2D eigenvalue weighted by molar-refractivity contribution is 7.89. The number of sulfonamides is 1. The molecule has 0 aromatic heterocycles. The number of rotatable bonds is 11. The Balaban J connectivity index is 1.78. The van der Waals surface area contributed by atoms with Gasteiger partial charge in [0.15, 0.2) is 11.5 Å². The maximum Gasteiger partial charge on any atom is 0.251 e. The molecule has 0 bridgehead atoms. The molecular formula is C20H26N2O6S. The largest absolute Gasteiger partial charge is 0.497 e. The molecule has 2 aromatic rings. The van der Waals surface area contributed by atoms with Crippen molar-refractivity contribution in [2.24, 2.45) is 0 Å².